The third-order valence-corrected chi connectivity index (χ3v) is 4.20. The lowest BCUT2D eigenvalue weighted by Gasteiger charge is -2.20. The van der Waals surface area contributed by atoms with Gasteiger partial charge in [0.15, 0.2) is 5.82 Å². The molecule has 1 aliphatic rings. The van der Waals surface area contributed by atoms with Crippen LogP contribution in [0.3, 0.4) is 0 Å². The first kappa shape index (κ1) is 16.0. The van der Waals surface area contributed by atoms with Crippen LogP contribution >= 0.6 is 11.3 Å². The van der Waals surface area contributed by atoms with E-state index in [1.54, 1.807) is 12.4 Å². The molecule has 10 heteroatoms. The van der Waals surface area contributed by atoms with Gasteiger partial charge in [-0.2, -0.15) is 4.98 Å². The zero-order valence-corrected chi connectivity index (χ0v) is 13.8. The van der Waals surface area contributed by atoms with Crippen molar-refractivity contribution in [3.8, 4) is 0 Å². The van der Waals surface area contributed by atoms with E-state index in [2.05, 4.69) is 35.5 Å². The molecule has 0 aromatic carbocycles. The van der Waals surface area contributed by atoms with Crippen LogP contribution in [0.5, 0.6) is 0 Å². The fourth-order valence-electron chi connectivity index (χ4n) is 2.54. The minimum absolute atomic E-state index is 0.0519. The molecule has 3 heterocycles. The van der Waals surface area contributed by atoms with Gasteiger partial charge < -0.3 is 4.52 Å². The van der Waals surface area contributed by atoms with Crippen molar-refractivity contribution in [3.63, 3.8) is 0 Å². The third-order valence-electron chi connectivity index (χ3n) is 3.59. The Kier molecular flexibility index (Phi) is 5.26. The Labute approximate surface area is 137 Å². The predicted molar refractivity (Wildman–Crippen MR) is 83.9 cm³/mol. The number of rotatable bonds is 5. The van der Waals surface area contributed by atoms with Gasteiger partial charge in [0.2, 0.25) is 16.9 Å². The lowest BCUT2D eigenvalue weighted by Crippen LogP contribution is -2.36. The first-order chi connectivity index (χ1) is 11.2. The Hall–Kier alpha value is -1.91. The van der Waals surface area contributed by atoms with E-state index in [1.165, 1.54) is 11.3 Å². The SMILES string of the molecule is Cc1nc(CN2CCCN(CC(=O)Nc3nncs3)CC2)no1. The molecule has 1 saturated heterocycles. The van der Waals surface area contributed by atoms with Crippen molar-refractivity contribution in [3.05, 3.63) is 17.2 Å². The Morgan fingerprint density at radius 1 is 1.35 bits per heavy atom. The maximum Gasteiger partial charge on any atom is 0.240 e. The number of hydrogen-bond donors (Lipinski definition) is 1. The summed E-state index contributed by atoms with van der Waals surface area (Å²) in [6.07, 6.45) is 1.00. The number of aromatic nitrogens is 4. The summed E-state index contributed by atoms with van der Waals surface area (Å²) in [6.45, 7) is 6.40. The van der Waals surface area contributed by atoms with E-state index in [9.17, 15) is 4.79 Å². The molecule has 1 fully saturated rings. The van der Waals surface area contributed by atoms with E-state index >= 15 is 0 Å². The highest BCUT2D eigenvalue weighted by Crippen LogP contribution is 2.09. The molecule has 0 aliphatic carbocycles. The number of aryl methyl sites for hydroxylation is 1. The van der Waals surface area contributed by atoms with Crippen LogP contribution in [0.1, 0.15) is 18.1 Å². The van der Waals surface area contributed by atoms with E-state index in [4.69, 9.17) is 4.52 Å². The fourth-order valence-corrected chi connectivity index (χ4v) is 3.00. The van der Waals surface area contributed by atoms with Gasteiger partial charge in [-0.05, 0) is 19.5 Å². The number of carbonyl (C=O) groups is 1. The predicted octanol–water partition coefficient (Wildman–Crippen LogP) is 0.376. The van der Waals surface area contributed by atoms with Gasteiger partial charge in [0.05, 0.1) is 13.1 Å². The highest BCUT2D eigenvalue weighted by atomic mass is 32.1. The molecule has 1 N–H and O–H groups in total. The van der Waals surface area contributed by atoms with Crippen LogP contribution in [0.2, 0.25) is 0 Å². The highest BCUT2D eigenvalue weighted by Gasteiger charge is 2.19. The van der Waals surface area contributed by atoms with Crippen molar-refractivity contribution in [1.82, 2.24) is 30.1 Å². The second-order valence-electron chi connectivity index (χ2n) is 5.43. The number of hydrogen-bond acceptors (Lipinski definition) is 9. The Morgan fingerprint density at radius 2 is 2.17 bits per heavy atom. The van der Waals surface area contributed by atoms with E-state index < -0.39 is 0 Å². The van der Waals surface area contributed by atoms with Gasteiger partial charge in [-0.15, -0.1) is 10.2 Å². The molecule has 0 spiro atoms. The molecule has 9 nitrogen and oxygen atoms in total. The van der Waals surface area contributed by atoms with Crippen molar-refractivity contribution >= 4 is 22.4 Å². The molecule has 0 radical (unpaired) electrons. The molecule has 0 atom stereocenters. The highest BCUT2D eigenvalue weighted by molar-refractivity contribution is 7.13. The molecule has 3 rings (SSSR count). The number of carbonyl (C=O) groups excluding carboxylic acids is 1. The molecule has 0 unspecified atom stereocenters. The van der Waals surface area contributed by atoms with Gasteiger partial charge in [0, 0.05) is 20.0 Å². The zero-order valence-electron chi connectivity index (χ0n) is 12.9. The van der Waals surface area contributed by atoms with Gasteiger partial charge in [0.1, 0.15) is 5.51 Å². The van der Waals surface area contributed by atoms with Gasteiger partial charge in [-0.1, -0.05) is 16.5 Å². The van der Waals surface area contributed by atoms with Crippen LogP contribution in [0.15, 0.2) is 10.0 Å². The molecule has 1 amide bonds. The second kappa shape index (κ2) is 7.57. The Balaban J connectivity index is 1.45. The topological polar surface area (TPSA) is 100 Å². The summed E-state index contributed by atoms with van der Waals surface area (Å²) in [7, 11) is 0. The maximum atomic E-state index is 12.0. The molecular weight excluding hydrogens is 318 g/mol. The van der Waals surface area contributed by atoms with Crippen LogP contribution in [-0.4, -0.2) is 68.8 Å². The molecule has 2 aromatic rings. The van der Waals surface area contributed by atoms with Crippen molar-refractivity contribution in [2.45, 2.75) is 19.9 Å². The molecule has 124 valence electrons. The van der Waals surface area contributed by atoms with Gasteiger partial charge >= 0.3 is 0 Å². The minimum Gasteiger partial charge on any atom is -0.340 e. The summed E-state index contributed by atoms with van der Waals surface area (Å²) in [5.74, 6) is 1.25. The van der Waals surface area contributed by atoms with Crippen LogP contribution in [0, 0.1) is 6.92 Å². The van der Waals surface area contributed by atoms with Gasteiger partial charge in [-0.25, -0.2) is 0 Å². The summed E-state index contributed by atoms with van der Waals surface area (Å²) in [5, 5.41) is 14.8. The second-order valence-corrected chi connectivity index (χ2v) is 6.26. The zero-order chi connectivity index (χ0) is 16.1. The van der Waals surface area contributed by atoms with Crippen LogP contribution in [-0.2, 0) is 11.3 Å². The number of anilines is 1. The van der Waals surface area contributed by atoms with Crippen molar-refractivity contribution in [2.75, 3.05) is 38.0 Å². The first-order valence-electron chi connectivity index (χ1n) is 7.49. The molecular formula is C13H19N7O2S. The number of nitrogens with zero attached hydrogens (tertiary/aromatic N) is 6. The lowest BCUT2D eigenvalue weighted by molar-refractivity contribution is -0.117. The quantitative estimate of drug-likeness (QED) is 0.835. The normalized spacial score (nSPS) is 17.1. The van der Waals surface area contributed by atoms with E-state index in [1.807, 2.05) is 0 Å². The minimum atomic E-state index is -0.0519. The molecule has 2 aromatic heterocycles. The summed E-state index contributed by atoms with van der Waals surface area (Å²) >= 11 is 1.32. The summed E-state index contributed by atoms with van der Waals surface area (Å²) < 4.78 is 5.00. The van der Waals surface area contributed by atoms with Gasteiger partial charge in [-0.3, -0.25) is 19.9 Å². The molecule has 23 heavy (non-hydrogen) atoms. The van der Waals surface area contributed by atoms with E-state index in [0.29, 0.717) is 29.9 Å². The van der Waals surface area contributed by atoms with E-state index in [0.717, 1.165) is 32.6 Å². The summed E-state index contributed by atoms with van der Waals surface area (Å²) in [5.41, 5.74) is 1.60. The summed E-state index contributed by atoms with van der Waals surface area (Å²) in [4.78, 5) is 20.7. The number of nitrogens with one attached hydrogen (secondary N) is 1. The first-order valence-corrected chi connectivity index (χ1v) is 8.37. The Bertz CT molecular complexity index is 630. The standard InChI is InChI=1S/C13H19N7O2S/c1-10-15-11(18-22-10)7-19-3-2-4-20(6-5-19)8-12(21)16-13-17-14-9-23-13/h9H,2-8H2,1H3,(H,16,17,21). The molecule has 1 aliphatic heterocycles. The van der Waals surface area contributed by atoms with Crippen molar-refractivity contribution < 1.29 is 9.32 Å². The fraction of sp³-hybridized carbons (Fsp3) is 0.615. The maximum absolute atomic E-state index is 12.0. The monoisotopic (exact) mass is 337 g/mol. The lowest BCUT2D eigenvalue weighted by atomic mass is 10.3. The van der Waals surface area contributed by atoms with Crippen LogP contribution in [0.4, 0.5) is 5.13 Å². The Morgan fingerprint density at radius 3 is 2.91 bits per heavy atom. The molecule has 0 saturated carbocycles. The van der Waals surface area contributed by atoms with Gasteiger partial charge in [0.25, 0.3) is 0 Å². The average Bonchev–Trinajstić information content (AvgIpc) is 3.10. The molecule has 0 bridgehead atoms. The van der Waals surface area contributed by atoms with Crippen LogP contribution < -0.4 is 5.32 Å². The van der Waals surface area contributed by atoms with Crippen molar-refractivity contribution in [1.29, 1.82) is 0 Å². The summed E-state index contributed by atoms with van der Waals surface area (Å²) in [6, 6.07) is 0. The number of amides is 1. The van der Waals surface area contributed by atoms with Crippen LogP contribution in [0.25, 0.3) is 0 Å². The van der Waals surface area contributed by atoms with E-state index in [-0.39, 0.29) is 5.91 Å². The third kappa shape index (κ3) is 4.78. The smallest absolute Gasteiger partial charge is 0.240 e. The van der Waals surface area contributed by atoms with Crippen molar-refractivity contribution in [2.24, 2.45) is 0 Å². The average molecular weight is 337 g/mol. The largest absolute Gasteiger partial charge is 0.340 e.